The van der Waals surface area contributed by atoms with Gasteiger partial charge in [-0.2, -0.15) is 0 Å². The molecule has 0 radical (unpaired) electrons. The summed E-state index contributed by atoms with van der Waals surface area (Å²) in [7, 11) is 1.02. The van der Waals surface area contributed by atoms with Crippen LogP contribution >= 0.6 is 11.6 Å². The topological polar surface area (TPSA) is 96.0 Å². The van der Waals surface area contributed by atoms with E-state index in [0.29, 0.717) is 0 Å². The van der Waals surface area contributed by atoms with Crippen molar-refractivity contribution in [2.75, 3.05) is 7.11 Å². The summed E-state index contributed by atoms with van der Waals surface area (Å²) in [6.45, 7) is 2.02. The minimum Gasteiger partial charge on any atom is -0.466 e. The lowest BCUT2D eigenvalue weighted by Gasteiger charge is -2.21. The van der Waals surface area contributed by atoms with Gasteiger partial charge in [0.25, 0.3) is 5.24 Å². The maximum Gasteiger partial charge on any atom is 0.351 e. The molecule has 0 aliphatic carbocycles. The highest BCUT2D eigenvalue weighted by atomic mass is 35.5. The second-order valence-electron chi connectivity index (χ2n) is 2.89. The maximum atomic E-state index is 11.3. The van der Waals surface area contributed by atoms with Gasteiger partial charge in [0, 0.05) is 13.8 Å². The van der Waals surface area contributed by atoms with E-state index < -0.39 is 35.4 Å². The van der Waals surface area contributed by atoms with E-state index in [1.807, 2.05) is 0 Å². The molecular weight excluding hydrogens is 256 g/mol. The Morgan fingerprint density at radius 1 is 0.941 bits per heavy atom. The van der Waals surface area contributed by atoms with Crippen molar-refractivity contribution in [3.63, 3.8) is 0 Å². The molecule has 0 saturated heterocycles. The van der Waals surface area contributed by atoms with Gasteiger partial charge in [-0.15, -0.1) is 0 Å². The molecule has 0 aliphatic heterocycles. The highest BCUT2D eigenvalue weighted by Gasteiger charge is 2.39. The molecule has 0 bridgehead atoms. The summed E-state index contributed by atoms with van der Waals surface area (Å²) in [6.07, 6.45) is -3.45. The van der Waals surface area contributed by atoms with Crippen LogP contribution in [0.25, 0.3) is 0 Å². The average molecular weight is 267 g/mol. The fraction of sp³-hybridized carbons (Fsp3) is 0.556. The van der Waals surface area contributed by atoms with Crippen LogP contribution in [-0.4, -0.2) is 42.5 Å². The molecule has 0 aliphatic rings. The van der Waals surface area contributed by atoms with Gasteiger partial charge in [-0.25, -0.2) is 4.79 Å². The van der Waals surface area contributed by atoms with Gasteiger partial charge in [-0.05, 0) is 11.6 Å². The molecule has 0 amide bonds. The second-order valence-corrected chi connectivity index (χ2v) is 3.26. The zero-order valence-electron chi connectivity index (χ0n) is 9.39. The van der Waals surface area contributed by atoms with Crippen LogP contribution in [0.15, 0.2) is 0 Å². The highest BCUT2D eigenvalue weighted by molar-refractivity contribution is 6.64. The van der Waals surface area contributed by atoms with E-state index in [9.17, 15) is 19.2 Å². The zero-order valence-corrected chi connectivity index (χ0v) is 10.1. The normalized spacial score (nSPS) is 13.2. The molecule has 0 aromatic rings. The lowest BCUT2D eigenvalue weighted by Crippen LogP contribution is -2.44. The van der Waals surface area contributed by atoms with Gasteiger partial charge < -0.3 is 14.2 Å². The van der Waals surface area contributed by atoms with Crippen LogP contribution in [-0.2, 0) is 33.4 Å². The quantitative estimate of drug-likeness (QED) is 0.386. The highest BCUT2D eigenvalue weighted by Crippen LogP contribution is 2.11. The number of halogens is 1. The first-order chi connectivity index (χ1) is 7.79. The van der Waals surface area contributed by atoms with Gasteiger partial charge in [0.2, 0.25) is 12.2 Å². The Bertz CT molecular complexity index is 338. The van der Waals surface area contributed by atoms with Crippen LogP contribution in [0.4, 0.5) is 0 Å². The number of carbonyl (C=O) groups excluding carboxylic acids is 4. The Morgan fingerprint density at radius 3 is 1.65 bits per heavy atom. The summed E-state index contributed by atoms with van der Waals surface area (Å²) in [5.74, 6) is -2.76. The third-order valence-corrected chi connectivity index (χ3v) is 1.73. The Hall–Kier alpha value is -1.63. The average Bonchev–Trinajstić information content (AvgIpc) is 2.21. The Morgan fingerprint density at radius 2 is 1.35 bits per heavy atom. The number of hydrogen-bond donors (Lipinski definition) is 0. The Kier molecular flexibility index (Phi) is 6.19. The van der Waals surface area contributed by atoms with Crippen LogP contribution < -0.4 is 0 Å². The van der Waals surface area contributed by atoms with Crippen molar-refractivity contribution in [2.24, 2.45) is 0 Å². The standard InChI is InChI=1S/C9H11ClO7/c1-4(11)16-6(8(10)13)7(9(14)15-3)17-5(2)12/h6-7H,1-3H3. The first-order valence-corrected chi connectivity index (χ1v) is 4.79. The van der Waals surface area contributed by atoms with Crippen molar-refractivity contribution in [3.05, 3.63) is 0 Å². The number of methoxy groups -OCH3 is 1. The van der Waals surface area contributed by atoms with Crippen LogP contribution in [0.2, 0.25) is 0 Å². The zero-order chi connectivity index (χ0) is 13.6. The molecule has 0 saturated carbocycles. The molecular formula is C9H11ClO7. The summed E-state index contributed by atoms with van der Waals surface area (Å²) >= 11 is 5.15. The van der Waals surface area contributed by atoms with E-state index in [2.05, 4.69) is 14.2 Å². The van der Waals surface area contributed by atoms with Crippen molar-refractivity contribution in [2.45, 2.75) is 26.1 Å². The molecule has 96 valence electrons. The van der Waals surface area contributed by atoms with E-state index in [1.54, 1.807) is 0 Å². The van der Waals surface area contributed by atoms with Crippen molar-refractivity contribution in [1.29, 1.82) is 0 Å². The molecule has 0 N–H and O–H groups in total. The fourth-order valence-electron chi connectivity index (χ4n) is 0.934. The number of esters is 3. The van der Waals surface area contributed by atoms with Crippen LogP contribution in [0.1, 0.15) is 13.8 Å². The lowest BCUT2D eigenvalue weighted by atomic mass is 10.2. The largest absolute Gasteiger partial charge is 0.466 e. The minimum absolute atomic E-state index is 0.851. The number of hydrogen-bond acceptors (Lipinski definition) is 7. The van der Waals surface area contributed by atoms with Crippen LogP contribution in [0.5, 0.6) is 0 Å². The van der Waals surface area contributed by atoms with Crippen LogP contribution in [0, 0.1) is 0 Å². The summed E-state index contributed by atoms with van der Waals surface area (Å²) < 4.78 is 13.3. The first kappa shape index (κ1) is 15.4. The second kappa shape index (κ2) is 6.85. The van der Waals surface area contributed by atoms with E-state index in [1.165, 1.54) is 0 Å². The van der Waals surface area contributed by atoms with Crippen molar-refractivity contribution < 1.29 is 33.4 Å². The monoisotopic (exact) mass is 266 g/mol. The van der Waals surface area contributed by atoms with Crippen molar-refractivity contribution in [1.82, 2.24) is 0 Å². The summed E-state index contributed by atoms with van der Waals surface area (Å²) in [5.41, 5.74) is 0. The third-order valence-electron chi connectivity index (χ3n) is 1.52. The van der Waals surface area contributed by atoms with Gasteiger partial charge in [-0.1, -0.05) is 0 Å². The van der Waals surface area contributed by atoms with E-state index in [0.717, 1.165) is 21.0 Å². The maximum absolute atomic E-state index is 11.3. The third kappa shape index (κ3) is 5.30. The van der Waals surface area contributed by atoms with Gasteiger partial charge in [-0.3, -0.25) is 14.4 Å². The fourth-order valence-corrected chi connectivity index (χ4v) is 1.09. The molecule has 0 spiro atoms. The molecule has 0 rings (SSSR count). The molecule has 7 nitrogen and oxygen atoms in total. The Labute approximate surface area is 102 Å². The number of ether oxygens (including phenoxy) is 3. The molecule has 2 unspecified atom stereocenters. The van der Waals surface area contributed by atoms with Gasteiger partial charge in [0.1, 0.15) is 0 Å². The van der Waals surface area contributed by atoms with Crippen LogP contribution in [0.3, 0.4) is 0 Å². The van der Waals surface area contributed by atoms with E-state index >= 15 is 0 Å². The Balaban J connectivity index is 5.05. The van der Waals surface area contributed by atoms with E-state index in [-0.39, 0.29) is 0 Å². The minimum atomic E-state index is -1.73. The summed E-state index contributed by atoms with van der Waals surface area (Å²) in [5, 5.41) is -1.16. The van der Waals surface area contributed by atoms with Gasteiger partial charge in [0.05, 0.1) is 7.11 Å². The molecule has 17 heavy (non-hydrogen) atoms. The molecule has 2 atom stereocenters. The summed E-state index contributed by atoms with van der Waals surface area (Å²) in [4.78, 5) is 43.8. The van der Waals surface area contributed by atoms with Crippen molar-refractivity contribution >= 4 is 34.8 Å². The summed E-state index contributed by atoms with van der Waals surface area (Å²) in [6, 6.07) is 0. The molecule has 8 heteroatoms. The molecule has 0 aromatic carbocycles. The number of rotatable bonds is 5. The lowest BCUT2D eigenvalue weighted by molar-refractivity contribution is -0.180. The molecule has 0 heterocycles. The van der Waals surface area contributed by atoms with Gasteiger partial charge >= 0.3 is 17.9 Å². The van der Waals surface area contributed by atoms with Gasteiger partial charge in [0.15, 0.2) is 0 Å². The predicted octanol–water partition coefficient (Wildman–Crippen LogP) is -0.212. The molecule has 0 aromatic heterocycles. The molecule has 0 fully saturated rings. The predicted molar refractivity (Wildman–Crippen MR) is 54.0 cm³/mol. The first-order valence-electron chi connectivity index (χ1n) is 4.41. The smallest absolute Gasteiger partial charge is 0.351 e. The van der Waals surface area contributed by atoms with Crippen molar-refractivity contribution in [3.8, 4) is 0 Å². The van der Waals surface area contributed by atoms with E-state index in [4.69, 9.17) is 11.6 Å². The number of carbonyl (C=O) groups is 4. The SMILES string of the molecule is COC(=O)C(OC(C)=O)C(OC(C)=O)C(=O)Cl.